The van der Waals surface area contributed by atoms with Gasteiger partial charge in [0.1, 0.15) is 6.54 Å². The summed E-state index contributed by atoms with van der Waals surface area (Å²) in [6.45, 7) is -1.73. The third-order valence-electron chi connectivity index (χ3n) is 1.54. The molecule has 10 heteroatoms. The zero-order valence-corrected chi connectivity index (χ0v) is 9.13. The Morgan fingerprint density at radius 3 is 2.11 bits per heavy atom. The van der Waals surface area contributed by atoms with Gasteiger partial charge in [0.05, 0.1) is 13.0 Å². The van der Waals surface area contributed by atoms with Gasteiger partial charge in [-0.15, -0.1) is 0 Å². The molecule has 0 radical (unpaired) electrons. The molecule has 0 saturated carbocycles. The Hall–Kier alpha value is -2.00. The summed E-state index contributed by atoms with van der Waals surface area (Å²) in [5.41, 5.74) is 0. The maximum atomic E-state index is 11.7. The Bertz CT molecular complexity index is 319. The van der Waals surface area contributed by atoms with Crippen LogP contribution in [0.25, 0.3) is 0 Å². The van der Waals surface area contributed by atoms with E-state index >= 15 is 0 Å². The second-order valence-corrected chi connectivity index (χ2v) is 3.15. The molecule has 18 heavy (non-hydrogen) atoms. The highest BCUT2D eigenvalue weighted by Crippen LogP contribution is 2.17. The Morgan fingerprint density at radius 1 is 1.00 bits per heavy atom. The van der Waals surface area contributed by atoms with Crippen LogP contribution in [0.4, 0.5) is 18.0 Å². The Morgan fingerprint density at radius 2 is 1.61 bits per heavy atom. The number of carboxylic acids is 1. The molecular weight excluding hydrogens is 259 g/mol. The van der Waals surface area contributed by atoms with E-state index < -0.39 is 50.1 Å². The number of carboxylic acid groups (broad SMARTS) is 1. The number of carbonyl (C=O) groups is 3. The van der Waals surface area contributed by atoms with E-state index in [2.05, 4.69) is 0 Å². The Labute approximate surface area is 99.7 Å². The number of aliphatic carboxylic acids is 1. The summed E-state index contributed by atoms with van der Waals surface area (Å²) in [5.74, 6) is -2.01. The molecular formula is C8H12F3N3O4. The monoisotopic (exact) mass is 271 g/mol. The summed E-state index contributed by atoms with van der Waals surface area (Å²) in [6, 6.07) is -0.940. The summed E-state index contributed by atoms with van der Waals surface area (Å²) in [5, 5.41) is 14.0. The lowest BCUT2D eigenvalue weighted by molar-refractivity contribution is -0.137. The molecule has 0 rings (SSSR count). The molecule has 0 saturated heterocycles. The highest BCUT2D eigenvalue weighted by molar-refractivity contribution is 5.86. The number of halogens is 3. The molecule has 0 aliphatic carbocycles. The van der Waals surface area contributed by atoms with Gasteiger partial charge in [-0.25, -0.2) is 4.79 Å². The first-order chi connectivity index (χ1) is 8.20. The minimum atomic E-state index is -4.37. The summed E-state index contributed by atoms with van der Waals surface area (Å²) in [6.07, 6.45) is -5.54. The largest absolute Gasteiger partial charge is 0.480 e. The van der Waals surface area contributed by atoms with Gasteiger partial charge in [-0.3, -0.25) is 9.59 Å². The minimum absolute atomic E-state index is 0.523. The number of amides is 3. The fourth-order valence-electron chi connectivity index (χ4n) is 0.778. The molecule has 0 spiro atoms. The first kappa shape index (κ1) is 16.0. The van der Waals surface area contributed by atoms with E-state index in [1.807, 2.05) is 16.0 Å². The van der Waals surface area contributed by atoms with Gasteiger partial charge in [0, 0.05) is 6.54 Å². The van der Waals surface area contributed by atoms with Crippen LogP contribution in [-0.4, -0.2) is 48.8 Å². The van der Waals surface area contributed by atoms with E-state index in [1.165, 1.54) is 0 Å². The smallest absolute Gasteiger partial charge is 0.390 e. The van der Waals surface area contributed by atoms with Crippen LogP contribution in [0.3, 0.4) is 0 Å². The summed E-state index contributed by atoms with van der Waals surface area (Å²) in [4.78, 5) is 31.8. The van der Waals surface area contributed by atoms with Crippen molar-refractivity contribution in [2.75, 3.05) is 19.6 Å². The molecule has 0 fully saturated rings. The number of alkyl halides is 3. The highest BCUT2D eigenvalue weighted by atomic mass is 19.4. The predicted molar refractivity (Wildman–Crippen MR) is 52.7 cm³/mol. The van der Waals surface area contributed by atoms with Crippen LogP contribution >= 0.6 is 0 Å². The van der Waals surface area contributed by atoms with Crippen molar-refractivity contribution >= 4 is 17.9 Å². The third-order valence-corrected chi connectivity index (χ3v) is 1.54. The molecule has 0 unspecified atom stereocenters. The predicted octanol–water partition coefficient (Wildman–Crippen LogP) is -0.561. The van der Waals surface area contributed by atoms with Crippen LogP contribution in [0.2, 0.25) is 0 Å². The van der Waals surface area contributed by atoms with Crippen LogP contribution in [0, 0.1) is 0 Å². The highest BCUT2D eigenvalue weighted by Gasteiger charge is 2.26. The van der Waals surface area contributed by atoms with Crippen molar-refractivity contribution in [1.82, 2.24) is 16.0 Å². The number of carbonyl (C=O) groups excluding carboxylic acids is 2. The van der Waals surface area contributed by atoms with Gasteiger partial charge in [-0.2, -0.15) is 13.2 Å². The first-order valence-corrected chi connectivity index (χ1v) is 4.77. The molecule has 0 aliphatic heterocycles. The molecule has 0 atom stereocenters. The quantitative estimate of drug-likeness (QED) is 0.519. The van der Waals surface area contributed by atoms with E-state index in [9.17, 15) is 27.6 Å². The fraction of sp³-hybridized carbons (Fsp3) is 0.625. The fourth-order valence-corrected chi connectivity index (χ4v) is 0.778. The lowest BCUT2D eigenvalue weighted by Gasteiger charge is -2.09. The SMILES string of the molecule is O=C(O)CNC(=O)CNC(=O)NCCC(F)(F)F. The molecule has 0 aromatic heterocycles. The van der Waals surface area contributed by atoms with Gasteiger partial charge in [0.15, 0.2) is 0 Å². The third kappa shape index (κ3) is 10.5. The summed E-state index contributed by atoms with van der Waals surface area (Å²) >= 11 is 0. The molecule has 3 amide bonds. The van der Waals surface area contributed by atoms with Gasteiger partial charge < -0.3 is 21.1 Å². The Balaban J connectivity index is 3.64. The lowest BCUT2D eigenvalue weighted by Crippen LogP contribution is -2.43. The van der Waals surface area contributed by atoms with Crippen molar-refractivity contribution in [3.8, 4) is 0 Å². The summed E-state index contributed by atoms with van der Waals surface area (Å²) < 4.78 is 35.1. The van der Waals surface area contributed by atoms with Crippen LogP contribution in [0.5, 0.6) is 0 Å². The van der Waals surface area contributed by atoms with Crippen molar-refractivity contribution < 1.29 is 32.7 Å². The topological polar surface area (TPSA) is 108 Å². The molecule has 0 aromatic carbocycles. The van der Waals surface area contributed by atoms with E-state index in [4.69, 9.17) is 5.11 Å². The number of rotatable bonds is 6. The van der Waals surface area contributed by atoms with Crippen molar-refractivity contribution in [2.45, 2.75) is 12.6 Å². The Kier molecular flexibility index (Phi) is 6.53. The number of hydrogen-bond donors (Lipinski definition) is 4. The second-order valence-electron chi connectivity index (χ2n) is 3.15. The van der Waals surface area contributed by atoms with Crippen molar-refractivity contribution in [1.29, 1.82) is 0 Å². The summed E-state index contributed by atoms with van der Waals surface area (Å²) in [7, 11) is 0. The van der Waals surface area contributed by atoms with Crippen LogP contribution in [-0.2, 0) is 9.59 Å². The maximum absolute atomic E-state index is 11.7. The zero-order valence-electron chi connectivity index (χ0n) is 9.13. The van der Waals surface area contributed by atoms with Crippen molar-refractivity contribution in [2.24, 2.45) is 0 Å². The molecule has 0 aliphatic rings. The van der Waals surface area contributed by atoms with Gasteiger partial charge in [0.2, 0.25) is 5.91 Å². The molecule has 0 bridgehead atoms. The number of hydrogen-bond acceptors (Lipinski definition) is 3. The van der Waals surface area contributed by atoms with E-state index in [1.54, 1.807) is 0 Å². The molecule has 7 nitrogen and oxygen atoms in total. The first-order valence-electron chi connectivity index (χ1n) is 4.77. The second kappa shape index (κ2) is 7.35. The number of nitrogens with one attached hydrogen (secondary N) is 3. The van der Waals surface area contributed by atoms with Crippen molar-refractivity contribution in [3.05, 3.63) is 0 Å². The lowest BCUT2D eigenvalue weighted by atomic mass is 10.4. The molecule has 4 N–H and O–H groups in total. The van der Waals surface area contributed by atoms with Gasteiger partial charge in [0.25, 0.3) is 0 Å². The van der Waals surface area contributed by atoms with Crippen LogP contribution < -0.4 is 16.0 Å². The van der Waals surface area contributed by atoms with E-state index in [0.717, 1.165) is 0 Å². The standard InChI is InChI=1S/C8H12F3N3O4/c9-8(10,11)1-2-12-7(18)14-3-5(15)13-4-6(16)17/h1-4H2,(H,13,15)(H,16,17)(H2,12,14,18). The van der Waals surface area contributed by atoms with Crippen LogP contribution in [0.1, 0.15) is 6.42 Å². The normalized spacial score (nSPS) is 10.6. The maximum Gasteiger partial charge on any atom is 0.390 e. The van der Waals surface area contributed by atoms with Gasteiger partial charge >= 0.3 is 18.2 Å². The zero-order chi connectivity index (χ0) is 14.2. The van der Waals surface area contributed by atoms with Crippen LogP contribution in [0.15, 0.2) is 0 Å². The molecule has 0 heterocycles. The molecule has 104 valence electrons. The van der Waals surface area contributed by atoms with Gasteiger partial charge in [-0.1, -0.05) is 0 Å². The average molecular weight is 271 g/mol. The molecule has 0 aromatic rings. The van der Waals surface area contributed by atoms with E-state index in [-0.39, 0.29) is 0 Å². The van der Waals surface area contributed by atoms with E-state index in [0.29, 0.717) is 0 Å². The minimum Gasteiger partial charge on any atom is -0.480 e. The van der Waals surface area contributed by atoms with Crippen molar-refractivity contribution in [3.63, 3.8) is 0 Å². The average Bonchev–Trinajstić information content (AvgIpc) is 2.21. The van der Waals surface area contributed by atoms with Gasteiger partial charge in [-0.05, 0) is 0 Å². The number of urea groups is 1.